The van der Waals surface area contributed by atoms with Gasteiger partial charge >= 0.3 is 0 Å². The first-order valence-corrected chi connectivity index (χ1v) is 9.90. The fourth-order valence-corrected chi connectivity index (χ4v) is 5.54. The van der Waals surface area contributed by atoms with Crippen molar-refractivity contribution in [3.05, 3.63) is 71.4 Å². The SMILES string of the molecule is CC1(C)CC(=O)C[C@@]2(C1)NC[C@@H](c1ccccc1)c1c2[nH]c2ccccc12. The number of hydrogen-bond donors (Lipinski definition) is 2. The smallest absolute Gasteiger partial charge is 0.135 e. The number of nitrogens with one attached hydrogen (secondary N) is 2. The van der Waals surface area contributed by atoms with Gasteiger partial charge in [0.15, 0.2) is 0 Å². The zero-order chi connectivity index (χ0) is 18.6. The van der Waals surface area contributed by atoms with Crippen molar-refractivity contribution in [2.75, 3.05) is 6.54 Å². The van der Waals surface area contributed by atoms with E-state index in [0.717, 1.165) is 13.0 Å². The molecular formula is C24H26N2O. The molecule has 0 radical (unpaired) electrons. The first kappa shape index (κ1) is 16.8. The van der Waals surface area contributed by atoms with Gasteiger partial charge in [-0.15, -0.1) is 0 Å². The third-order valence-electron chi connectivity index (χ3n) is 6.37. The summed E-state index contributed by atoms with van der Waals surface area (Å²) >= 11 is 0. The number of H-pyrrole nitrogens is 1. The lowest BCUT2D eigenvalue weighted by Gasteiger charge is -2.48. The van der Waals surface area contributed by atoms with Crippen LogP contribution in [0.3, 0.4) is 0 Å². The number of hydrogen-bond acceptors (Lipinski definition) is 2. The highest BCUT2D eigenvalue weighted by atomic mass is 16.1. The van der Waals surface area contributed by atoms with Crippen LogP contribution in [0.25, 0.3) is 10.9 Å². The molecule has 2 atom stereocenters. The van der Waals surface area contributed by atoms with Crippen LogP contribution in [0.1, 0.15) is 55.8 Å². The van der Waals surface area contributed by atoms with Crippen molar-refractivity contribution < 1.29 is 4.79 Å². The molecule has 2 heterocycles. The van der Waals surface area contributed by atoms with Crippen LogP contribution in [0.15, 0.2) is 54.6 Å². The Morgan fingerprint density at radius 1 is 0.963 bits per heavy atom. The van der Waals surface area contributed by atoms with E-state index < -0.39 is 0 Å². The van der Waals surface area contributed by atoms with Crippen LogP contribution in [-0.2, 0) is 10.3 Å². The number of rotatable bonds is 1. The predicted molar refractivity (Wildman–Crippen MR) is 109 cm³/mol. The molecule has 0 amide bonds. The highest BCUT2D eigenvalue weighted by molar-refractivity contribution is 5.88. The second kappa shape index (κ2) is 5.80. The topological polar surface area (TPSA) is 44.9 Å². The molecule has 2 N–H and O–H groups in total. The summed E-state index contributed by atoms with van der Waals surface area (Å²) in [6.07, 6.45) is 2.24. The monoisotopic (exact) mass is 358 g/mol. The number of Topliss-reactive ketones (excluding diaryl/α,β-unsaturated/α-hetero) is 1. The summed E-state index contributed by atoms with van der Waals surface area (Å²) in [6, 6.07) is 19.3. The average molecular weight is 358 g/mol. The van der Waals surface area contributed by atoms with Crippen LogP contribution >= 0.6 is 0 Å². The number of fused-ring (bicyclic) bond motifs is 4. The zero-order valence-corrected chi connectivity index (χ0v) is 16.0. The van der Waals surface area contributed by atoms with E-state index in [9.17, 15) is 4.79 Å². The van der Waals surface area contributed by atoms with Gasteiger partial charge in [-0.05, 0) is 29.0 Å². The molecule has 0 bridgehead atoms. The van der Waals surface area contributed by atoms with Gasteiger partial charge in [-0.25, -0.2) is 0 Å². The van der Waals surface area contributed by atoms with Crippen LogP contribution in [0, 0.1) is 5.41 Å². The number of para-hydroxylation sites is 1. The minimum absolute atomic E-state index is 0.0104. The van der Waals surface area contributed by atoms with Crippen molar-refractivity contribution in [1.29, 1.82) is 0 Å². The van der Waals surface area contributed by atoms with Gasteiger partial charge in [-0.1, -0.05) is 62.4 Å². The molecule has 3 heteroatoms. The molecule has 3 aromatic rings. The molecule has 1 saturated carbocycles. The first-order valence-electron chi connectivity index (χ1n) is 9.90. The summed E-state index contributed by atoms with van der Waals surface area (Å²) in [5, 5.41) is 5.12. The van der Waals surface area contributed by atoms with Crippen LogP contribution in [0.2, 0.25) is 0 Å². The molecular weight excluding hydrogens is 332 g/mol. The van der Waals surface area contributed by atoms with E-state index in [-0.39, 0.29) is 11.0 Å². The molecule has 138 valence electrons. The number of carbonyl (C=O) groups is 1. The van der Waals surface area contributed by atoms with Crippen LogP contribution < -0.4 is 5.32 Å². The largest absolute Gasteiger partial charge is 0.357 e. The lowest BCUT2D eigenvalue weighted by Crippen LogP contribution is -2.55. The maximum absolute atomic E-state index is 12.7. The number of aromatic amines is 1. The highest BCUT2D eigenvalue weighted by Gasteiger charge is 2.49. The molecule has 1 spiro atoms. The van der Waals surface area contributed by atoms with Gasteiger partial charge in [0.05, 0.1) is 5.54 Å². The quantitative estimate of drug-likeness (QED) is 0.651. The van der Waals surface area contributed by atoms with Gasteiger partial charge in [0, 0.05) is 41.9 Å². The number of aromatic nitrogens is 1. The lowest BCUT2D eigenvalue weighted by atomic mass is 9.63. The molecule has 3 nitrogen and oxygen atoms in total. The Bertz CT molecular complexity index is 1020. The number of ketones is 1. The maximum Gasteiger partial charge on any atom is 0.135 e. The van der Waals surface area contributed by atoms with E-state index in [1.165, 1.54) is 27.7 Å². The van der Waals surface area contributed by atoms with Gasteiger partial charge in [-0.2, -0.15) is 0 Å². The minimum atomic E-state index is -0.279. The molecule has 1 fully saturated rings. The molecule has 2 aliphatic rings. The second-order valence-corrected chi connectivity index (χ2v) is 9.12. The van der Waals surface area contributed by atoms with Gasteiger partial charge in [-0.3, -0.25) is 4.79 Å². The summed E-state index contributed by atoms with van der Waals surface area (Å²) in [7, 11) is 0. The van der Waals surface area contributed by atoms with Crippen LogP contribution in [0.5, 0.6) is 0 Å². The third kappa shape index (κ3) is 2.64. The standard InChI is InChI=1S/C24H26N2O/c1-23(2)12-17(27)13-24(15-23)22-21(18-10-6-7-11-20(18)26-22)19(14-25-24)16-8-4-3-5-9-16/h3-11,19,25-26H,12-15H2,1-2H3/t19-,24-/m0/s1. The summed E-state index contributed by atoms with van der Waals surface area (Å²) in [5.41, 5.74) is 4.83. The van der Waals surface area contributed by atoms with Crippen LogP contribution in [-0.4, -0.2) is 17.3 Å². The maximum atomic E-state index is 12.7. The fourth-order valence-electron chi connectivity index (χ4n) is 5.54. The van der Waals surface area contributed by atoms with Gasteiger partial charge in [0.1, 0.15) is 5.78 Å². The van der Waals surface area contributed by atoms with E-state index >= 15 is 0 Å². The van der Waals surface area contributed by atoms with E-state index in [4.69, 9.17) is 0 Å². The Kier molecular flexibility index (Phi) is 3.60. The first-order chi connectivity index (χ1) is 13.0. The number of carbonyl (C=O) groups excluding carboxylic acids is 1. The van der Waals surface area contributed by atoms with E-state index in [2.05, 4.69) is 78.7 Å². The van der Waals surface area contributed by atoms with Crippen molar-refractivity contribution in [1.82, 2.24) is 10.3 Å². The Morgan fingerprint density at radius 3 is 2.48 bits per heavy atom. The number of benzene rings is 2. The molecule has 2 aromatic carbocycles. The highest BCUT2D eigenvalue weighted by Crippen LogP contribution is 2.50. The lowest BCUT2D eigenvalue weighted by molar-refractivity contribution is -0.126. The summed E-state index contributed by atoms with van der Waals surface area (Å²) in [4.78, 5) is 16.4. The van der Waals surface area contributed by atoms with Gasteiger partial charge in [0.25, 0.3) is 0 Å². The van der Waals surface area contributed by atoms with Gasteiger partial charge in [0.2, 0.25) is 0 Å². The van der Waals surface area contributed by atoms with E-state index in [1.807, 2.05) is 0 Å². The predicted octanol–water partition coefficient (Wildman–Crippen LogP) is 4.88. The normalized spacial score (nSPS) is 27.0. The van der Waals surface area contributed by atoms with Crippen molar-refractivity contribution in [3.63, 3.8) is 0 Å². The molecule has 1 aromatic heterocycles. The van der Waals surface area contributed by atoms with Gasteiger partial charge < -0.3 is 10.3 Å². The second-order valence-electron chi connectivity index (χ2n) is 9.12. The van der Waals surface area contributed by atoms with Crippen molar-refractivity contribution in [2.45, 2.75) is 44.6 Å². The van der Waals surface area contributed by atoms with E-state index in [0.29, 0.717) is 24.5 Å². The Balaban J connectivity index is 1.74. The van der Waals surface area contributed by atoms with E-state index in [1.54, 1.807) is 0 Å². The molecule has 27 heavy (non-hydrogen) atoms. The fraction of sp³-hybridized carbons (Fsp3) is 0.375. The van der Waals surface area contributed by atoms with Crippen LogP contribution in [0.4, 0.5) is 0 Å². The Labute approximate surface area is 160 Å². The third-order valence-corrected chi connectivity index (χ3v) is 6.37. The molecule has 5 rings (SSSR count). The Morgan fingerprint density at radius 2 is 1.70 bits per heavy atom. The zero-order valence-electron chi connectivity index (χ0n) is 16.0. The Hall–Kier alpha value is -2.39. The minimum Gasteiger partial charge on any atom is -0.357 e. The molecule has 0 saturated heterocycles. The molecule has 1 aliphatic carbocycles. The van der Waals surface area contributed by atoms with Crippen molar-refractivity contribution in [3.8, 4) is 0 Å². The van der Waals surface area contributed by atoms with Crippen molar-refractivity contribution >= 4 is 16.7 Å². The summed E-state index contributed by atoms with van der Waals surface area (Å²) in [6.45, 7) is 5.31. The average Bonchev–Trinajstić information content (AvgIpc) is 3.02. The molecule has 1 aliphatic heterocycles. The van der Waals surface area contributed by atoms with Crippen molar-refractivity contribution in [2.24, 2.45) is 5.41 Å². The molecule has 0 unspecified atom stereocenters. The summed E-state index contributed by atoms with van der Waals surface area (Å²) < 4.78 is 0. The summed E-state index contributed by atoms with van der Waals surface area (Å²) in [5.74, 6) is 0.657.